The minimum Gasteiger partial charge on any atom is -1.00 e. The maximum absolute atomic E-state index is 12.9. The van der Waals surface area contributed by atoms with Gasteiger partial charge in [-0.15, -0.1) is 0 Å². The topological polar surface area (TPSA) is 56.8 Å². The lowest BCUT2D eigenvalue weighted by Crippen LogP contribution is -3.00. The molecule has 1 N–H and O–H groups in total. The van der Waals surface area contributed by atoms with E-state index in [1.807, 2.05) is 66.7 Å². The molecular weight excluding hydrogens is 627 g/mol. The van der Waals surface area contributed by atoms with Crippen LogP contribution in [0.5, 0.6) is 17.2 Å². The fourth-order valence-corrected chi connectivity index (χ4v) is 4.57. The Balaban J connectivity index is 0.00000588. The Hall–Kier alpha value is -2.78. The molecule has 3 aromatic carbocycles. The fourth-order valence-electron chi connectivity index (χ4n) is 4.57. The first kappa shape index (κ1) is 34.4. The summed E-state index contributed by atoms with van der Waals surface area (Å²) < 4.78 is 17.6. The second-order valence-corrected chi connectivity index (χ2v) is 11.2. The number of rotatable bonds is 18. The van der Waals surface area contributed by atoms with Gasteiger partial charge in [0, 0.05) is 13.0 Å². The molecule has 0 aliphatic carbocycles. The molecule has 0 heterocycles. The Bertz CT molecular complexity index is 1130. The second kappa shape index (κ2) is 18.6. The van der Waals surface area contributed by atoms with Gasteiger partial charge >= 0.3 is 0 Å². The number of hydrogen-bond donors (Lipinski definition) is 1. The predicted molar refractivity (Wildman–Crippen MR) is 162 cm³/mol. The smallest absolute Gasteiger partial charge is 0.278 e. The summed E-state index contributed by atoms with van der Waals surface area (Å²) in [7, 11) is 7.93. The number of unbranched alkanes of at least 4 members (excludes halogenated alkanes) is 5. The van der Waals surface area contributed by atoms with Crippen LogP contribution in [0.4, 0.5) is 0 Å². The average molecular weight is 675 g/mol. The number of halogens is 1. The number of ether oxygens (including phenoxy) is 3. The van der Waals surface area contributed by atoms with Crippen molar-refractivity contribution >= 4 is 5.91 Å². The van der Waals surface area contributed by atoms with Crippen molar-refractivity contribution in [2.45, 2.75) is 57.6 Å². The van der Waals surface area contributed by atoms with Crippen molar-refractivity contribution in [3.8, 4) is 17.2 Å². The van der Waals surface area contributed by atoms with E-state index in [1.54, 1.807) is 7.11 Å². The molecule has 0 unspecified atom stereocenters. The van der Waals surface area contributed by atoms with E-state index >= 15 is 0 Å². The SMILES string of the molecule is COc1cccc(COc2ccc(OCCCCCCCCNC(=O)[C@H](Cc3ccccc3)[N+](C)(C)C)cc2)c1.[I-]. The highest BCUT2D eigenvalue weighted by Gasteiger charge is 2.31. The predicted octanol–water partition coefficient (Wildman–Crippen LogP) is 3.43. The third-order valence-electron chi connectivity index (χ3n) is 7.01. The van der Waals surface area contributed by atoms with Gasteiger partial charge in [-0.2, -0.15) is 0 Å². The Morgan fingerprint density at radius 1 is 0.732 bits per heavy atom. The van der Waals surface area contributed by atoms with E-state index in [2.05, 4.69) is 38.6 Å². The van der Waals surface area contributed by atoms with Crippen molar-refractivity contribution < 1.29 is 47.5 Å². The zero-order valence-corrected chi connectivity index (χ0v) is 27.3. The number of benzene rings is 3. The van der Waals surface area contributed by atoms with E-state index < -0.39 is 0 Å². The lowest BCUT2D eigenvalue weighted by atomic mass is 10.0. The Morgan fingerprint density at radius 3 is 2.00 bits per heavy atom. The summed E-state index contributed by atoms with van der Waals surface area (Å²) in [4.78, 5) is 12.9. The highest BCUT2D eigenvalue weighted by Crippen LogP contribution is 2.20. The van der Waals surface area contributed by atoms with Gasteiger partial charge in [0.2, 0.25) is 0 Å². The van der Waals surface area contributed by atoms with Gasteiger partial charge in [0.15, 0.2) is 6.04 Å². The number of carbonyl (C=O) groups is 1. The molecule has 3 rings (SSSR count). The molecule has 0 aliphatic rings. The van der Waals surface area contributed by atoms with Gasteiger partial charge in [-0.1, -0.05) is 68.1 Å². The normalized spacial score (nSPS) is 11.7. The lowest BCUT2D eigenvalue weighted by Gasteiger charge is -2.33. The first-order valence-electron chi connectivity index (χ1n) is 14.5. The van der Waals surface area contributed by atoms with Crippen molar-refractivity contribution in [1.82, 2.24) is 5.32 Å². The summed E-state index contributed by atoms with van der Waals surface area (Å²) in [5, 5.41) is 3.18. The average Bonchev–Trinajstić information content (AvgIpc) is 2.96. The van der Waals surface area contributed by atoms with E-state index in [1.165, 1.54) is 18.4 Å². The maximum atomic E-state index is 12.9. The standard InChI is InChI=1S/C34H46N2O4.HI/c1-36(2,3)33(26-28-15-10-9-11-16-28)34(37)35-23-12-7-5-6-8-13-24-39-30-19-21-31(22-20-30)40-27-29-17-14-18-32(25-29)38-4;/h9-11,14-22,25,33H,5-8,12-13,23-24,26-27H2,1-4H3;1H/t33-;/m0./s1. The number of hydrogen-bond acceptors (Lipinski definition) is 4. The molecular formula is C34H47IN2O4. The molecule has 6 nitrogen and oxygen atoms in total. The summed E-state index contributed by atoms with van der Waals surface area (Å²) in [5.41, 5.74) is 2.27. The van der Waals surface area contributed by atoms with Crippen LogP contribution in [0.15, 0.2) is 78.9 Å². The highest BCUT2D eigenvalue weighted by atomic mass is 127. The Labute approximate surface area is 264 Å². The van der Waals surface area contributed by atoms with Gasteiger partial charge in [-0.25, -0.2) is 0 Å². The molecule has 0 aromatic heterocycles. The number of amides is 1. The number of likely N-dealkylation sites (N-methyl/N-ethyl adjacent to an activating group) is 1. The minimum atomic E-state index is -0.0926. The highest BCUT2D eigenvalue weighted by molar-refractivity contribution is 5.81. The molecule has 41 heavy (non-hydrogen) atoms. The number of nitrogens with one attached hydrogen (secondary N) is 1. The van der Waals surface area contributed by atoms with Gasteiger partial charge in [0.1, 0.15) is 23.9 Å². The van der Waals surface area contributed by atoms with Crippen LogP contribution in [-0.2, 0) is 17.8 Å². The van der Waals surface area contributed by atoms with Crippen molar-refractivity contribution in [2.24, 2.45) is 0 Å². The van der Waals surface area contributed by atoms with Gasteiger partial charge in [0.25, 0.3) is 5.91 Å². The van der Waals surface area contributed by atoms with Crippen LogP contribution in [0.1, 0.15) is 49.7 Å². The molecule has 7 heteroatoms. The van der Waals surface area contributed by atoms with Crippen LogP contribution in [0, 0.1) is 0 Å². The summed E-state index contributed by atoms with van der Waals surface area (Å²) in [6.07, 6.45) is 7.45. The lowest BCUT2D eigenvalue weighted by molar-refractivity contribution is -0.886. The molecule has 0 saturated carbocycles. The zero-order chi connectivity index (χ0) is 28.6. The van der Waals surface area contributed by atoms with Crippen LogP contribution in [0.3, 0.4) is 0 Å². The minimum absolute atomic E-state index is 0. The second-order valence-electron chi connectivity index (χ2n) is 11.2. The Kier molecular flexibility index (Phi) is 15.6. The number of methoxy groups -OCH3 is 1. The fraction of sp³-hybridized carbons (Fsp3) is 0.441. The number of nitrogens with zero attached hydrogens (tertiary/aromatic N) is 1. The van der Waals surface area contributed by atoms with Crippen LogP contribution in [-0.4, -0.2) is 57.8 Å². The van der Waals surface area contributed by atoms with Crippen molar-refractivity contribution in [3.05, 3.63) is 90.0 Å². The van der Waals surface area contributed by atoms with E-state index in [0.717, 1.165) is 61.5 Å². The van der Waals surface area contributed by atoms with Gasteiger partial charge in [-0.3, -0.25) is 4.79 Å². The van der Waals surface area contributed by atoms with E-state index in [-0.39, 0.29) is 35.9 Å². The summed E-state index contributed by atoms with van der Waals surface area (Å²) in [6, 6.07) is 25.9. The molecule has 224 valence electrons. The first-order chi connectivity index (χ1) is 19.3. The molecule has 3 aromatic rings. The van der Waals surface area contributed by atoms with Crippen molar-refractivity contribution in [3.63, 3.8) is 0 Å². The van der Waals surface area contributed by atoms with Crippen molar-refractivity contribution in [2.75, 3.05) is 41.4 Å². The number of carbonyl (C=O) groups excluding carboxylic acids is 1. The molecule has 1 atom stereocenters. The van der Waals surface area contributed by atoms with Crippen LogP contribution < -0.4 is 43.5 Å². The molecule has 0 aliphatic heterocycles. The van der Waals surface area contributed by atoms with E-state index in [0.29, 0.717) is 17.7 Å². The largest absolute Gasteiger partial charge is 1.00 e. The quantitative estimate of drug-likeness (QED) is 0.128. The molecule has 0 saturated heterocycles. The van der Waals surface area contributed by atoms with Crippen LogP contribution >= 0.6 is 0 Å². The third-order valence-corrected chi connectivity index (χ3v) is 7.01. The van der Waals surface area contributed by atoms with Gasteiger partial charge in [0.05, 0.1) is 34.9 Å². The van der Waals surface area contributed by atoms with E-state index in [4.69, 9.17) is 14.2 Å². The molecule has 0 radical (unpaired) electrons. The maximum Gasteiger partial charge on any atom is 0.278 e. The zero-order valence-electron chi connectivity index (χ0n) is 25.1. The number of quaternary nitrogens is 1. The molecule has 0 bridgehead atoms. The summed E-state index contributed by atoms with van der Waals surface area (Å²) in [6.45, 7) is 1.95. The Morgan fingerprint density at radius 2 is 1.34 bits per heavy atom. The third kappa shape index (κ3) is 13.2. The molecule has 0 spiro atoms. The van der Waals surface area contributed by atoms with E-state index in [9.17, 15) is 4.79 Å². The summed E-state index contributed by atoms with van der Waals surface area (Å²) in [5.74, 6) is 2.65. The van der Waals surface area contributed by atoms with Crippen molar-refractivity contribution in [1.29, 1.82) is 0 Å². The molecule has 1 amide bonds. The van der Waals surface area contributed by atoms with Gasteiger partial charge < -0.3 is 48.0 Å². The molecule has 0 fully saturated rings. The van der Waals surface area contributed by atoms with Crippen LogP contribution in [0.25, 0.3) is 0 Å². The first-order valence-corrected chi connectivity index (χ1v) is 14.5. The van der Waals surface area contributed by atoms with Gasteiger partial charge in [-0.05, 0) is 60.4 Å². The monoisotopic (exact) mass is 674 g/mol. The van der Waals surface area contributed by atoms with Crippen LogP contribution in [0.2, 0.25) is 0 Å². The summed E-state index contributed by atoms with van der Waals surface area (Å²) >= 11 is 0.